The second-order valence-electron chi connectivity index (χ2n) is 5.75. The number of hydrogen-bond acceptors (Lipinski definition) is 2. The molecule has 1 heterocycles. The van der Waals surface area contributed by atoms with Gasteiger partial charge in [0.05, 0.1) is 18.6 Å². The predicted molar refractivity (Wildman–Crippen MR) is 75.5 cm³/mol. The molecule has 0 aromatic heterocycles. The van der Waals surface area contributed by atoms with E-state index in [0.717, 1.165) is 12.8 Å². The maximum absolute atomic E-state index is 12.7. The third-order valence-corrected chi connectivity index (χ3v) is 4.64. The molecule has 1 aliphatic carbocycles. The zero-order valence-corrected chi connectivity index (χ0v) is 11.5. The zero-order valence-electron chi connectivity index (χ0n) is 11.5. The van der Waals surface area contributed by atoms with Gasteiger partial charge in [-0.2, -0.15) is 0 Å². The van der Waals surface area contributed by atoms with E-state index in [1.807, 2.05) is 23.1 Å². The van der Waals surface area contributed by atoms with Crippen LogP contribution >= 0.6 is 0 Å². The van der Waals surface area contributed by atoms with Crippen LogP contribution in [0.4, 0.5) is 0 Å². The van der Waals surface area contributed by atoms with Gasteiger partial charge in [-0.05, 0) is 25.3 Å². The molecule has 1 amide bonds. The van der Waals surface area contributed by atoms with Crippen LogP contribution in [0.15, 0.2) is 30.3 Å². The van der Waals surface area contributed by atoms with Crippen molar-refractivity contribution in [2.24, 2.45) is 5.92 Å². The van der Waals surface area contributed by atoms with E-state index in [1.165, 1.54) is 18.4 Å². The number of fused-ring (bicyclic) bond motifs is 1. The summed E-state index contributed by atoms with van der Waals surface area (Å²) in [6.07, 6.45) is 4.66. The van der Waals surface area contributed by atoms with Crippen LogP contribution in [0.25, 0.3) is 0 Å². The van der Waals surface area contributed by atoms with Crippen LogP contribution in [0.3, 0.4) is 0 Å². The minimum absolute atomic E-state index is 0.157. The van der Waals surface area contributed by atoms with Gasteiger partial charge in [-0.25, -0.2) is 0 Å². The molecule has 1 saturated carbocycles. The first-order valence-corrected chi connectivity index (χ1v) is 7.36. The molecule has 2 aliphatic rings. The monoisotopic (exact) mass is 258 g/mol. The van der Waals surface area contributed by atoms with E-state index in [0.29, 0.717) is 18.6 Å². The molecule has 1 aromatic rings. The third kappa shape index (κ3) is 2.39. The van der Waals surface area contributed by atoms with Crippen LogP contribution < -0.4 is 5.32 Å². The second kappa shape index (κ2) is 5.33. The lowest BCUT2D eigenvalue weighted by atomic mass is 9.82. The maximum atomic E-state index is 12.7. The van der Waals surface area contributed by atoms with Crippen LogP contribution in [0.5, 0.6) is 0 Å². The van der Waals surface area contributed by atoms with Crippen LogP contribution in [-0.2, 0) is 4.79 Å². The van der Waals surface area contributed by atoms with Crippen molar-refractivity contribution in [1.29, 1.82) is 0 Å². The Kier molecular flexibility index (Phi) is 3.56. The molecule has 0 unspecified atom stereocenters. The number of amides is 1. The number of carbonyl (C=O) groups excluding carboxylic acids is 1. The standard InChI is InChI=1S/C16H22N2O/c1-12(13-7-3-2-4-8-13)18-11-17-15-10-6-5-9-14(15)16(18)19/h2-4,7-8,12,14-15,17H,5-6,9-11H2,1H3/t12-,14+,15+/m0/s1. The van der Waals surface area contributed by atoms with Crippen LogP contribution in [0.1, 0.15) is 44.2 Å². The third-order valence-electron chi connectivity index (χ3n) is 4.64. The van der Waals surface area contributed by atoms with E-state index in [1.54, 1.807) is 0 Å². The van der Waals surface area contributed by atoms with Crippen molar-refractivity contribution in [2.45, 2.75) is 44.7 Å². The molecule has 3 nitrogen and oxygen atoms in total. The van der Waals surface area contributed by atoms with Gasteiger partial charge in [0.25, 0.3) is 0 Å². The smallest absolute Gasteiger partial charge is 0.228 e. The Balaban J connectivity index is 1.76. The Morgan fingerprint density at radius 1 is 1.21 bits per heavy atom. The number of carbonyl (C=O) groups is 1. The van der Waals surface area contributed by atoms with Crippen molar-refractivity contribution in [3.05, 3.63) is 35.9 Å². The first-order chi connectivity index (χ1) is 9.27. The summed E-state index contributed by atoms with van der Waals surface area (Å²) in [5.41, 5.74) is 1.21. The molecule has 3 heteroatoms. The highest BCUT2D eigenvalue weighted by Crippen LogP contribution is 2.32. The Morgan fingerprint density at radius 2 is 1.95 bits per heavy atom. The quantitative estimate of drug-likeness (QED) is 0.884. The summed E-state index contributed by atoms with van der Waals surface area (Å²) in [7, 11) is 0. The molecule has 19 heavy (non-hydrogen) atoms. The molecule has 3 rings (SSSR count). The minimum Gasteiger partial charge on any atom is -0.323 e. The average molecular weight is 258 g/mol. The maximum Gasteiger partial charge on any atom is 0.228 e. The van der Waals surface area contributed by atoms with Gasteiger partial charge >= 0.3 is 0 Å². The van der Waals surface area contributed by atoms with E-state index < -0.39 is 0 Å². The van der Waals surface area contributed by atoms with Crippen molar-refractivity contribution in [2.75, 3.05) is 6.67 Å². The zero-order chi connectivity index (χ0) is 13.2. The summed E-state index contributed by atoms with van der Waals surface area (Å²) in [4.78, 5) is 14.7. The van der Waals surface area contributed by atoms with Crippen molar-refractivity contribution >= 4 is 5.91 Å². The fourth-order valence-corrected chi connectivity index (χ4v) is 3.42. The van der Waals surface area contributed by atoms with E-state index >= 15 is 0 Å². The van der Waals surface area contributed by atoms with Gasteiger partial charge in [-0.3, -0.25) is 10.1 Å². The van der Waals surface area contributed by atoms with Crippen molar-refractivity contribution < 1.29 is 4.79 Å². The fourth-order valence-electron chi connectivity index (χ4n) is 3.42. The molecule has 0 spiro atoms. The summed E-state index contributed by atoms with van der Waals surface area (Å²) in [6, 6.07) is 10.9. The van der Waals surface area contributed by atoms with Crippen molar-refractivity contribution in [1.82, 2.24) is 10.2 Å². The predicted octanol–water partition coefficient (Wildman–Crippen LogP) is 2.70. The summed E-state index contributed by atoms with van der Waals surface area (Å²) in [6.45, 7) is 2.81. The van der Waals surface area contributed by atoms with Crippen LogP contribution in [0.2, 0.25) is 0 Å². The Morgan fingerprint density at radius 3 is 2.74 bits per heavy atom. The second-order valence-corrected chi connectivity index (χ2v) is 5.75. The summed E-state index contributed by atoms with van der Waals surface area (Å²) in [5, 5.41) is 3.56. The lowest BCUT2D eigenvalue weighted by Gasteiger charge is -2.43. The molecular weight excluding hydrogens is 236 g/mol. The first-order valence-electron chi connectivity index (χ1n) is 7.36. The highest BCUT2D eigenvalue weighted by Gasteiger charge is 2.39. The van der Waals surface area contributed by atoms with Crippen molar-refractivity contribution in [3.63, 3.8) is 0 Å². The van der Waals surface area contributed by atoms with E-state index in [2.05, 4.69) is 24.4 Å². The van der Waals surface area contributed by atoms with Gasteiger partial charge < -0.3 is 4.90 Å². The molecular formula is C16H22N2O. The molecule has 102 valence electrons. The lowest BCUT2D eigenvalue weighted by molar-refractivity contribution is -0.144. The molecule has 1 aliphatic heterocycles. The summed E-state index contributed by atoms with van der Waals surface area (Å²) >= 11 is 0. The molecule has 3 atom stereocenters. The van der Waals surface area contributed by atoms with Gasteiger partial charge in [-0.15, -0.1) is 0 Å². The Labute approximate surface area is 115 Å². The summed E-state index contributed by atoms with van der Waals surface area (Å²) < 4.78 is 0. The van der Waals surface area contributed by atoms with Gasteiger partial charge in [0, 0.05) is 6.04 Å². The normalized spacial score (nSPS) is 28.9. The molecule has 2 fully saturated rings. The van der Waals surface area contributed by atoms with Gasteiger partial charge in [0.1, 0.15) is 0 Å². The lowest BCUT2D eigenvalue weighted by Crippen LogP contribution is -2.58. The van der Waals surface area contributed by atoms with Crippen molar-refractivity contribution in [3.8, 4) is 0 Å². The van der Waals surface area contributed by atoms with E-state index in [-0.39, 0.29) is 12.0 Å². The molecule has 1 aromatic carbocycles. The number of hydrogen-bond donors (Lipinski definition) is 1. The number of nitrogens with zero attached hydrogens (tertiary/aromatic N) is 1. The Bertz CT molecular complexity index is 445. The van der Waals surface area contributed by atoms with E-state index in [4.69, 9.17) is 0 Å². The average Bonchev–Trinajstić information content (AvgIpc) is 2.48. The minimum atomic E-state index is 0.157. The SMILES string of the molecule is C[C@@H](c1ccccc1)N1CN[C@@H]2CCCC[C@H]2C1=O. The largest absolute Gasteiger partial charge is 0.323 e. The number of rotatable bonds is 2. The van der Waals surface area contributed by atoms with E-state index in [9.17, 15) is 4.79 Å². The fraction of sp³-hybridized carbons (Fsp3) is 0.562. The van der Waals surface area contributed by atoms with Gasteiger partial charge in [-0.1, -0.05) is 43.2 Å². The molecule has 0 bridgehead atoms. The van der Waals surface area contributed by atoms with Gasteiger partial charge in [0.2, 0.25) is 5.91 Å². The number of benzene rings is 1. The van der Waals surface area contributed by atoms with Crippen LogP contribution in [-0.4, -0.2) is 23.5 Å². The first kappa shape index (κ1) is 12.7. The Hall–Kier alpha value is -1.35. The highest BCUT2D eigenvalue weighted by molar-refractivity contribution is 5.81. The highest BCUT2D eigenvalue weighted by atomic mass is 16.2. The molecule has 0 radical (unpaired) electrons. The molecule has 1 saturated heterocycles. The number of nitrogens with one attached hydrogen (secondary N) is 1. The summed E-state index contributed by atoms with van der Waals surface area (Å²) in [5.74, 6) is 0.550. The van der Waals surface area contributed by atoms with Crippen LogP contribution in [0, 0.1) is 5.92 Å². The topological polar surface area (TPSA) is 32.3 Å². The molecule has 1 N–H and O–H groups in total. The van der Waals surface area contributed by atoms with Gasteiger partial charge in [0.15, 0.2) is 0 Å².